The minimum absolute atomic E-state index is 0.144. The number of quaternary nitrogens is 1. The van der Waals surface area contributed by atoms with E-state index in [4.69, 9.17) is 4.74 Å². The van der Waals surface area contributed by atoms with Crippen LogP contribution in [0, 0.1) is 6.92 Å². The molecule has 2 aromatic rings. The highest BCUT2D eigenvalue weighted by Crippen LogP contribution is 2.18. The van der Waals surface area contributed by atoms with E-state index in [2.05, 4.69) is 25.8 Å². The first-order chi connectivity index (χ1) is 11.6. The van der Waals surface area contributed by atoms with E-state index < -0.39 is 0 Å². The Kier molecular flexibility index (Phi) is 6.85. The number of hydrogen-bond acceptors (Lipinski definition) is 2. The maximum absolute atomic E-state index is 13.0. The third-order valence-electron chi connectivity index (χ3n) is 4.57. The fourth-order valence-electron chi connectivity index (χ4n) is 3.02. The van der Waals surface area contributed by atoms with Gasteiger partial charge in [-0.3, -0.25) is 4.79 Å². The first-order valence-corrected chi connectivity index (χ1v) is 9.22. The van der Waals surface area contributed by atoms with Crippen LogP contribution in [0.25, 0.3) is 10.9 Å². The molecule has 0 aliphatic heterocycles. The number of fused-ring (bicyclic) bond motifs is 1. The number of pyridine rings is 1. The summed E-state index contributed by atoms with van der Waals surface area (Å²) in [7, 11) is 0. The third-order valence-corrected chi connectivity index (χ3v) is 4.57. The maximum atomic E-state index is 13.0. The fraction of sp³-hybridized carbons (Fsp3) is 0.550. The number of H-pyrrole nitrogens is 1. The van der Waals surface area contributed by atoms with Gasteiger partial charge in [0.05, 0.1) is 25.3 Å². The molecule has 0 aliphatic rings. The molecular weight excluding hydrogens is 300 g/mol. The zero-order valence-electron chi connectivity index (χ0n) is 15.5. The van der Waals surface area contributed by atoms with Crippen LogP contribution in [-0.2, 0) is 6.54 Å². The molecule has 1 aromatic carbocycles. The Morgan fingerprint density at radius 1 is 1.17 bits per heavy atom. The van der Waals surface area contributed by atoms with Crippen molar-refractivity contribution in [1.82, 2.24) is 4.98 Å². The first kappa shape index (κ1) is 18.5. The normalized spacial score (nSPS) is 12.5. The second-order valence-electron chi connectivity index (χ2n) is 6.50. The van der Waals surface area contributed by atoms with Gasteiger partial charge in [-0.25, -0.2) is 0 Å². The van der Waals surface area contributed by atoms with E-state index in [0.29, 0.717) is 6.61 Å². The van der Waals surface area contributed by atoms with Crippen molar-refractivity contribution in [3.63, 3.8) is 0 Å². The number of ether oxygens (including phenoxy) is 1. The molecule has 132 valence electrons. The molecule has 4 heteroatoms. The lowest BCUT2D eigenvalue weighted by molar-refractivity contribution is -0.912. The summed E-state index contributed by atoms with van der Waals surface area (Å²) in [4.78, 5) is 17.9. The lowest BCUT2D eigenvalue weighted by atomic mass is 10.1. The van der Waals surface area contributed by atoms with Gasteiger partial charge in [0, 0.05) is 16.6 Å². The highest BCUT2D eigenvalue weighted by molar-refractivity contribution is 5.81. The monoisotopic (exact) mass is 331 g/mol. The van der Waals surface area contributed by atoms with Gasteiger partial charge in [0.15, 0.2) is 5.43 Å². The maximum Gasteiger partial charge on any atom is 0.198 e. The topological polar surface area (TPSA) is 46.5 Å². The van der Waals surface area contributed by atoms with E-state index in [1.54, 1.807) is 0 Å². The number of aromatic nitrogens is 1. The summed E-state index contributed by atoms with van der Waals surface area (Å²) in [5.41, 5.74) is 2.92. The molecule has 2 rings (SSSR count). The Bertz CT molecular complexity index is 721. The van der Waals surface area contributed by atoms with Gasteiger partial charge in [-0.15, -0.1) is 0 Å². The molecule has 1 aromatic heterocycles. The Balaban J connectivity index is 2.37. The molecule has 0 aliphatic carbocycles. The number of benzene rings is 1. The van der Waals surface area contributed by atoms with Crippen LogP contribution in [0.4, 0.5) is 0 Å². The van der Waals surface area contributed by atoms with Crippen molar-refractivity contribution in [2.45, 2.75) is 53.5 Å². The number of nitrogens with one attached hydrogen (secondary N) is 2. The van der Waals surface area contributed by atoms with E-state index in [1.165, 1.54) is 17.7 Å². The standard InChI is InChI=1S/C20H30N2O2/c1-5-8-11-22(7-3)14-18-15(4)21-19-10-9-16(24-12-6-2)13-17(19)20(18)23/h9-10,13H,5-8,11-12,14H2,1-4H3,(H,21,23)/p+1. The van der Waals surface area contributed by atoms with E-state index in [9.17, 15) is 4.79 Å². The van der Waals surface area contributed by atoms with Crippen molar-refractivity contribution >= 4 is 10.9 Å². The predicted molar refractivity (Wildman–Crippen MR) is 100 cm³/mol. The molecule has 1 heterocycles. The van der Waals surface area contributed by atoms with Crippen LogP contribution in [0.2, 0.25) is 0 Å². The van der Waals surface area contributed by atoms with Gasteiger partial charge in [-0.1, -0.05) is 20.3 Å². The zero-order valence-corrected chi connectivity index (χ0v) is 15.5. The van der Waals surface area contributed by atoms with Gasteiger partial charge in [-0.05, 0) is 44.9 Å². The molecule has 4 nitrogen and oxygen atoms in total. The molecule has 2 N–H and O–H groups in total. The number of hydrogen-bond donors (Lipinski definition) is 2. The van der Waals surface area contributed by atoms with Crippen molar-refractivity contribution in [1.29, 1.82) is 0 Å². The molecule has 0 bridgehead atoms. The number of unbranched alkanes of at least 4 members (excludes halogenated alkanes) is 1. The number of aromatic amines is 1. The Hall–Kier alpha value is -1.81. The van der Waals surface area contributed by atoms with E-state index in [-0.39, 0.29) is 5.43 Å². The highest BCUT2D eigenvalue weighted by Gasteiger charge is 2.15. The van der Waals surface area contributed by atoms with Crippen LogP contribution in [0.3, 0.4) is 0 Å². The molecule has 0 saturated carbocycles. The van der Waals surface area contributed by atoms with Gasteiger partial charge < -0.3 is 14.6 Å². The smallest absolute Gasteiger partial charge is 0.198 e. The van der Waals surface area contributed by atoms with Crippen LogP contribution < -0.4 is 15.1 Å². The minimum Gasteiger partial charge on any atom is -0.494 e. The Morgan fingerprint density at radius 3 is 2.62 bits per heavy atom. The summed E-state index contributed by atoms with van der Waals surface area (Å²) in [5, 5.41) is 0.732. The number of aryl methyl sites for hydroxylation is 1. The molecule has 0 spiro atoms. The second-order valence-corrected chi connectivity index (χ2v) is 6.50. The molecule has 24 heavy (non-hydrogen) atoms. The SMILES string of the molecule is CCCC[NH+](CC)Cc1c(C)[nH]c2ccc(OCCC)cc2c1=O. The summed E-state index contributed by atoms with van der Waals surface area (Å²) in [5.74, 6) is 0.773. The average Bonchev–Trinajstić information content (AvgIpc) is 2.59. The summed E-state index contributed by atoms with van der Waals surface area (Å²) < 4.78 is 5.69. The van der Waals surface area contributed by atoms with Crippen molar-refractivity contribution in [2.75, 3.05) is 19.7 Å². The summed E-state index contributed by atoms with van der Waals surface area (Å²) in [6.45, 7) is 12.1. The van der Waals surface area contributed by atoms with Crippen molar-refractivity contribution in [3.8, 4) is 5.75 Å². The minimum atomic E-state index is 0.144. The lowest BCUT2D eigenvalue weighted by Crippen LogP contribution is -3.10. The van der Waals surface area contributed by atoms with Crippen LogP contribution in [0.5, 0.6) is 5.75 Å². The van der Waals surface area contributed by atoms with Crippen LogP contribution in [0.1, 0.15) is 51.3 Å². The van der Waals surface area contributed by atoms with E-state index in [1.807, 2.05) is 25.1 Å². The van der Waals surface area contributed by atoms with Crippen molar-refractivity contribution in [2.24, 2.45) is 0 Å². The summed E-state index contributed by atoms with van der Waals surface area (Å²) in [6.07, 6.45) is 3.34. The zero-order chi connectivity index (χ0) is 17.5. The van der Waals surface area contributed by atoms with Crippen LogP contribution in [-0.4, -0.2) is 24.7 Å². The van der Waals surface area contributed by atoms with Gasteiger partial charge in [0.25, 0.3) is 0 Å². The summed E-state index contributed by atoms with van der Waals surface area (Å²) in [6, 6.07) is 5.75. The quantitative estimate of drug-likeness (QED) is 0.742. The van der Waals surface area contributed by atoms with Gasteiger partial charge >= 0.3 is 0 Å². The van der Waals surface area contributed by atoms with Gasteiger partial charge in [-0.2, -0.15) is 0 Å². The first-order valence-electron chi connectivity index (χ1n) is 9.22. The number of rotatable bonds is 9. The lowest BCUT2D eigenvalue weighted by Gasteiger charge is -2.18. The largest absolute Gasteiger partial charge is 0.494 e. The van der Waals surface area contributed by atoms with Crippen molar-refractivity contribution < 1.29 is 9.64 Å². The molecule has 0 amide bonds. The van der Waals surface area contributed by atoms with Crippen LogP contribution >= 0.6 is 0 Å². The second kappa shape index (κ2) is 8.88. The third kappa shape index (κ3) is 4.38. The molecule has 0 saturated heterocycles. The van der Waals surface area contributed by atoms with E-state index >= 15 is 0 Å². The molecule has 1 atom stereocenters. The molecular formula is C20H31N2O2+. The molecule has 1 unspecified atom stereocenters. The highest BCUT2D eigenvalue weighted by atomic mass is 16.5. The molecule has 0 fully saturated rings. The van der Waals surface area contributed by atoms with Gasteiger partial charge in [0.1, 0.15) is 12.3 Å². The Labute approximate surface area is 144 Å². The van der Waals surface area contributed by atoms with Gasteiger partial charge in [0.2, 0.25) is 0 Å². The predicted octanol–water partition coefficient (Wildman–Crippen LogP) is 2.83. The molecule has 0 radical (unpaired) electrons. The summed E-state index contributed by atoms with van der Waals surface area (Å²) >= 11 is 0. The van der Waals surface area contributed by atoms with Crippen molar-refractivity contribution in [3.05, 3.63) is 39.7 Å². The average molecular weight is 331 g/mol. The Morgan fingerprint density at radius 2 is 1.96 bits per heavy atom. The van der Waals surface area contributed by atoms with Crippen LogP contribution in [0.15, 0.2) is 23.0 Å². The van der Waals surface area contributed by atoms with E-state index in [0.717, 1.165) is 54.0 Å². The fourth-order valence-corrected chi connectivity index (χ4v) is 3.02.